The number of benzene rings is 1. The Hall–Kier alpha value is -1.85. The van der Waals surface area contributed by atoms with Gasteiger partial charge < -0.3 is 4.90 Å². The van der Waals surface area contributed by atoms with E-state index in [4.69, 9.17) is 0 Å². The summed E-state index contributed by atoms with van der Waals surface area (Å²) in [5.74, 6) is 1.00. The molecule has 120 valence electrons. The van der Waals surface area contributed by atoms with Crippen molar-refractivity contribution in [3.05, 3.63) is 54.2 Å². The fourth-order valence-corrected chi connectivity index (χ4v) is 3.76. The largest absolute Gasteiger partial charge is 0.307 e. The van der Waals surface area contributed by atoms with Crippen molar-refractivity contribution in [1.82, 2.24) is 9.88 Å². The average Bonchev–Trinajstić information content (AvgIpc) is 2.62. The Morgan fingerprint density at radius 2 is 2.09 bits per heavy atom. The van der Waals surface area contributed by atoms with E-state index in [0.29, 0.717) is 0 Å². The van der Waals surface area contributed by atoms with Crippen LogP contribution in [0.25, 0.3) is 0 Å². The zero-order valence-corrected chi connectivity index (χ0v) is 14.3. The third kappa shape index (κ3) is 3.26. The van der Waals surface area contributed by atoms with Gasteiger partial charge in [0, 0.05) is 18.5 Å². The molecule has 2 aromatic rings. The molecule has 0 bridgehead atoms. The Kier molecular flexibility index (Phi) is 4.98. The maximum Gasteiger partial charge on any atom is 0.249 e. The number of rotatable bonds is 4. The van der Waals surface area contributed by atoms with Crippen LogP contribution in [0.5, 0.6) is 0 Å². The van der Waals surface area contributed by atoms with Crippen molar-refractivity contribution < 1.29 is 4.79 Å². The van der Waals surface area contributed by atoms with Crippen molar-refractivity contribution in [3.63, 3.8) is 0 Å². The van der Waals surface area contributed by atoms with E-state index in [9.17, 15) is 4.79 Å². The van der Waals surface area contributed by atoms with Gasteiger partial charge in [-0.2, -0.15) is 0 Å². The van der Waals surface area contributed by atoms with Crippen molar-refractivity contribution in [3.8, 4) is 0 Å². The molecular weight excluding hydrogens is 306 g/mol. The number of anilines is 1. The molecule has 23 heavy (non-hydrogen) atoms. The van der Waals surface area contributed by atoms with Gasteiger partial charge in [0.2, 0.25) is 5.91 Å². The van der Waals surface area contributed by atoms with Gasteiger partial charge in [-0.3, -0.25) is 9.69 Å². The van der Waals surface area contributed by atoms with Crippen LogP contribution in [0.4, 0.5) is 5.69 Å². The number of fused-ring (bicyclic) bond motifs is 1. The predicted molar refractivity (Wildman–Crippen MR) is 94.8 cm³/mol. The second kappa shape index (κ2) is 7.15. The molecule has 5 heteroatoms. The molecule has 1 aliphatic heterocycles. The average molecular weight is 327 g/mol. The molecule has 0 radical (unpaired) electrons. The summed E-state index contributed by atoms with van der Waals surface area (Å²) in [6, 6.07) is 13.6. The lowest BCUT2D eigenvalue weighted by atomic mass is 10.0. The van der Waals surface area contributed by atoms with Gasteiger partial charge in [0.15, 0.2) is 0 Å². The summed E-state index contributed by atoms with van der Waals surface area (Å²) in [4.78, 5) is 21.7. The Balaban J connectivity index is 1.96. The van der Waals surface area contributed by atoms with Gasteiger partial charge in [-0.1, -0.05) is 37.3 Å². The molecule has 1 amide bonds. The minimum absolute atomic E-state index is 0.120. The summed E-state index contributed by atoms with van der Waals surface area (Å²) >= 11 is 1.71. The van der Waals surface area contributed by atoms with Crippen molar-refractivity contribution in [2.75, 3.05) is 30.8 Å². The minimum Gasteiger partial charge on any atom is -0.307 e. The van der Waals surface area contributed by atoms with Crippen molar-refractivity contribution >= 4 is 23.4 Å². The number of hydrogen-bond donors (Lipinski definition) is 0. The highest BCUT2D eigenvalue weighted by Crippen LogP contribution is 2.35. The fraction of sp³-hybridized carbons (Fsp3) is 0.333. The molecule has 0 saturated heterocycles. The van der Waals surface area contributed by atoms with E-state index in [1.807, 2.05) is 54.4 Å². The minimum atomic E-state index is -0.266. The van der Waals surface area contributed by atoms with Crippen LogP contribution in [-0.4, -0.2) is 41.7 Å². The molecule has 1 aliphatic rings. The topological polar surface area (TPSA) is 36.4 Å². The van der Waals surface area contributed by atoms with Crippen molar-refractivity contribution in [1.29, 1.82) is 0 Å². The zero-order valence-electron chi connectivity index (χ0n) is 13.5. The summed E-state index contributed by atoms with van der Waals surface area (Å²) in [7, 11) is 2.00. The lowest BCUT2D eigenvalue weighted by Gasteiger charge is -2.34. The quantitative estimate of drug-likeness (QED) is 0.864. The fourth-order valence-electron chi connectivity index (χ4n) is 2.83. The Morgan fingerprint density at radius 1 is 1.30 bits per heavy atom. The van der Waals surface area contributed by atoms with E-state index in [-0.39, 0.29) is 11.9 Å². The third-order valence-electron chi connectivity index (χ3n) is 4.15. The number of carbonyl (C=O) groups excluding carboxylic acids is 1. The summed E-state index contributed by atoms with van der Waals surface area (Å²) in [5.41, 5.74) is 1.96. The van der Waals surface area contributed by atoms with Crippen LogP contribution >= 0.6 is 11.8 Å². The van der Waals surface area contributed by atoms with Gasteiger partial charge >= 0.3 is 0 Å². The first-order valence-corrected chi connectivity index (χ1v) is 8.85. The smallest absolute Gasteiger partial charge is 0.249 e. The van der Waals surface area contributed by atoms with Gasteiger partial charge in [0.1, 0.15) is 11.1 Å². The van der Waals surface area contributed by atoms with Gasteiger partial charge in [0.05, 0.1) is 5.69 Å². The maximum atomic E-state index is 13.3. The van der Waals surface area contributed by atoms with Gasteiger partial charge in [0.25, 0.3) is 0 Å². The standard InChI is InChI=1S/C18H21N3OS/c1-3-20(2)16(14-8-5-4-6-9-14)18(22)21-12-13-23-17-15(21)10-7-11-19-17/h4-11,16H,3,12-13H2,1-2H3/t16-/m0/s1. The number of hydrogen-bond acceptors (Lipinski definition) is 4. The first-order chi connectivity index (χ1) is 11.2. The normalized spacial score (nSPS) is 15.3. The van der Waals surface area contributed by atoms with E-state index in [0.717, 1.165) is 35.1 Å². The van der Waals surface area contributed by atoms with Crippen LogP contribution < -0.4 is 4.90 Å². The van der Waals surface area contributed by atoms with Crippen LogP contribution in [0.2, 0.25) is 0 Å². The molecule has 0 N–H and O–H groups in total. The first-order valence-electron chi connectivity index (χ1n) is 7.86. The van der Waals surface area contributed by atoms with E-state index in [1.54, 1.807) is 18.0 Å². The molecule has 4 nitrogen and oxygen atoms in total. The molecule has 3 rings (SSSR count). The Morgan fingerprint density at radius 3 is 2.83 bits per heavy atom. The third-order valence-corrected chi connectivity index (χ3v) is 5.13. The molecule has 0 saturated carbocycles. The number of pyridine rings is 1. The first kappa shape index (κ1) is 16.0. The summed E-state index contributed by atoms with van der Waals surface area (Å²) in [6.45, 7) is 3.61. The van der Waals surface area contributed by atoms with E-state index < -0.39 is 0 Å². The highest BCUT2D eigenvalue weighted by Gasteiger charge is 2.32. The second-order valence-corrected chi connectivity index (χ2v) is 6.64. The number of nitrogens with zero attached hydrogens (tertiary/aromatic N) is 3. The van der Waals surface area contributed by atoms with Crippen LogP contribution in [0, 0.1) is 0 Å². The Labute approximate surface area is 141 Å². The van der Waals surface area contributed by atoms with Gasteiger partial charge in [-0.15, -0.1) is 11.8 Å². The number of amides is 1. The number of carbonyl (C=O) groups is 1. The number of aromatic nitrogens is 1. The number of likely N-dealkylation sites (N-methyl/N-ethyl adjacent to an activating group) is 1. The molecule has 0 aliphatic carbocycles. The number of thioether (sulfide) groups is 1. The van der Waals surface area contributed by atoms with Crippen LogP contribution in [0.1, 0.15) is 18.5 Å². The highest BCUT2D eigenvalue weighted by atomic mass is 32.2. The molecule has 0 unspecified atom stereocenters. The van der Waals surface area contributed by atoms with Crippen LogP contribution in [0.3, 0.4) is 0 Å². The van der Waals surface area contributed by atoms with Gasteiger partial charge in [-0.25, -0.2) is 4.98 Å². The van der Waals surface area contributed by atoms with E-state index in [2.05, 4.69) is 16.8 Å². The molecule has 2 heterocycles. The second-order valence-electron chi connectivity index (χ2n) is 5.55. The monoisotopic (exact) mass is 327 g/mol. The zero-order chi connectivity index (χ0) is 16.2. The SMILES string of the molecule is CCN(C)[C@H](C(=O)N1CCSc2ncccc21)c1ccccc1. The molecule has 0 spiro atoms. The maximum absolute atomic E-state index is 13.3. The van der Waals surface area contributed by atoms with E-state index in [1.165, 1.54) is 0 Å². The molecule has 0 fully saturated rings. The summed E-state index contributed by atoms with van der Waals surface area (Å²) < 4.78 is 0. The lowest BCUT2D eigenvalue weighted by Crippen LogP contribution is -2.44. The molecule has 1 atom stereocenters. The lowest BCUT2D eigenvalue weighted by molar-refractivity contribution is -0.123. The van der Waals surface area contributed by atoms with Crippen LogP contribution in [0.15, 0.2) is 53.7 Å². The molecule has 1 aromatic carbocycles. The van der Waals surface area contributed by atoms with Crippen molar-refractivity contribution in [2.45, 2.75) is 18.0 Å². The van der Waals surface area contributed by atoms with Gasteiger partial charge in [-0.05, 0) is 31.3 Å². The summed E-state index contributed by atoms with van der Waals surface area (Å²) in [5, 5.41) is 0.943. The van der Waals surface area contributed by atoms with Crippen LogP contribution in [-0.2, 0) is 4.79 Å². The van der Waals surface area contributed by atoms with E-state index >= 15 is 0 Å². The summed E-state index contributed by atoms with van der Waals surface area (Å²) in [6.07, 6.45) is 1.78. The predicted octanol–water partition coefficient (Wildman–Crippen LogP) is 3.21. The Bertz CT molecular complexity index is 677. The molecular formula is C18H21N3OS. The highest BCUT2D eigenvalue weighted by molar-refractivity contribution is 7.99. The molecule has 1 aromatic heterocycles. The van der Waals surface area contributed by atoms with Crippen molar-refractivity contribution in [2.24, 2.45) is 0 Å².